The highest BCUT2D eigenvalue weighted by atomic mass is 32.1. The fourth-order valence-electron chi connectivity index (χ4n) is 2.47. The van der Waals surface area contributed by atoms with Gasteiger partial charge in [-0.25, -0.2) is 9.78 Å². The number of rotatable bonds is 2. The Morgan fingerprint density at radius 2 is 1.92 bits per heavy atom. The molecule has 0 atom stereocenters. The number of carbonyl (C=O) groups excluding carboxylic acids is 1. The molecule has 136 valence electrons. The van der Waals surface area contributed by atoms with Crippen LogP contribution in [0.5, 0.6) is 0 Å². The van der Waals surface area contributed by atoms with Gasteiger partial charge in [-0.05, 0) is 33.6 Å². The van der Waals surface area contributed by atoms with Gasteiger partial charge >= 0.3 is 12.3 Å². The van der Waals surface area contributed by atoms with E-state index in [1.54, 1.807) is 11.9 Å². The van der Waals surface area contributed by atoms with Crippen molar-refractivity contribution < 1.29 is 22.7 Å². The molecule has 1 aliphatic heterocycles. The zero-order chi connectivity index (χ0) is 18.1. The first-order valence-electron chi connectivity index (χ1n) is 7.71. The summed E-state index contributed by atoms with van der Waals surface area (Å²) in [5.74, 6) is 0. The van der Waals surface area contributed by atoms with Crippen LogP contribution in [0.15, 0.2) is 6.20 Å². The Bertz CT molecular complexity index is 575. The number of halogens is 3. The average molecular weight is 365 g/mol. The van der Waals surface area contributed by atoms with Gasteiger partial charge < -0.3 is 14.5 Å². The largest absolute Gasteiger partial charge is 0.444 e. The van der Waals surface area contributed by atoms with Gasteiger partial charge in [0.15, 0.2) is 5.13 Å². The van der Waals surface area contributed by atoms with E-state index in [9.17, 15) is 18.0 Å². The summed E-state index contributed by atoms with van der Waals surface area (Å²) in [6.45, 7) is 6.54. The zero-order valence-corrected chi connectivity index (χ0v) is 15.0. The Morgan fingerprint density at radius 3 is 2.38 bits per heavy atom. The second-order valence-electron chi connectivity index (χ2n) is 6.81. The van der Waals surface area contributed by atoms with Gasteiger partial charge in [0.25, 0.3) is 0 Å². The normalized spacial score (nSPS) is 17.0. The van der Waals surface area contributed by atoms with Crippen molar-refractivity contribution in [2.24, 2.45) is 0 Å². The van der Waals surface area contributed by atoms with E-state index in [0.717, 1.165) is 6.20 Å². The summed E-state index contributed by atoms with van der Waals surface area (Å²) >= 11 is 0.655. The van der Waals surface area contributed by atoms with Gasteiger partial charge in [0.05, 0.1) is 6.20 Å². The fraction of sp³-hybridized carbons (Fsp3) is 0.733. The number of hydrogen-bond acceptors (Lipinski definition) is 5. The number of piperidine rings is 1. The minimum absolute atomic E-state index is 0.0122. The lowest BCUT2D eigenvalue weighted by atomic mass is 10.0. The maximum atomic E-state index is 12.7. The predicted molar refractivity (Wildman–Crippen MR) is 86.3 cm³/mol. The molecule has 0 aliphatic carbocycles. The lowest BCUT2D eigenvalue weighted by molar-refractivity contribution is -0.134. The quantitative estimate of drug-likeness (QED) is 0.795. The molecule has 0 unspecified atom stereocenters. The number of hydrogen-bond donors (Lipinski definition) is 0. The molecule has 0 aromatic carbocycles. The summed E-state index contributed by atoms with van der Waals surface area (Å²) in [6.07, 6.45) is -2.54. The molecule has 5 nitrogen and oxygen atoms in total. The molecule has 1 amide bonds. The van der Waals surface area contributed by atoms with Crippen LogP contribution in [0.3, 0.4) is 0 Å². The van der Waals surface area contributed by atoms with Crippen LogP contribution in [-0.4, -0.2) is 47.8 Å². The molecule has 1 aliphatic rings. The number of carbonyl (C=O) groups is 1. The molecular formula is C15H22F3N3O2S. The molecule has 9 heteroatoms. The van der Waals surface area contributed by atoms with Crippen molar-refractivity contribution in [2.75, 3.05) is 25.0 Å². The number of alkyl halides is 3. The SMILES string of the molecule is CN(C(=O)OC(C)(C)C)C1CCN(c2ncc(C(F)(F)F)s2)CC1. The second kappa shape index (κ2) is 6.78. The Kier molecular flexibility index (Phi) is 5.31. The molecule has 1 saturated heterocycles. The van der Waals surface area contributed by atoms with Crippen molar-refractivity contribution in [3.63, 3.8) is 0 Å². The molecule has 24 heavy (non-hydrogen) atoms. The Morgan fingerprint density at radius 1 is 1.33 bits per heavy atom. The van der Waals surface area contributed by atoms with Crippen LogP contribution in [0.25, 0.3) is 0 Å². The van der Waals surface area contributed by atoms with E-state index < -0.39 is 16.7 Å². The lowest BCUT2D eigenvalue weighted by Crippen LogP contribution is -2.47. The fourth-order valence-corrected chi connectivity index (χ4v) is 3.30. The van der Waals surface area contributed by atoms with Crippen LogP contribution in [0, 0.1) is 0 Å². The number of amides is 1. The zero-order valence-electron chi connectivity index (χ0n) is 14.2. The predicted octanol–water partition coefficient (Wildman–Crippen LogP) is 4.00. The topological polar surface area (TPSA) is 45.7 Å². The molecule has 1 aromatic heterocycles. The van der Waals surface area contributed by atoms with E-state index in [-0.39, 0.29) is 12.1 Å². The third kappa shape index (κ3) is 4.75. The Balaban J connectivity index is 1.91. The van der Waals surface area contributed by atoms with E-state index in [2.05, 4.69) is 4.98 Å². The van der Waals surface area contributed by atoms with Gasteiger partial charge in [-0.1, -0.05) is 11.3 Å². The summed E-state index contributed by atoms with van der Waals surface area (Å²) in [5, 5.41) is 0.376. The van der Waals surface area contributed by atoms with Gasteiger partial charge in [-0.15, -0.1) is 0 Å². The van der Waals surface area contributed by atoms with Crippen LogP contribution in [0.2, 0.25) is 0 Å². The standard InChI is InChI=1S/C15H22F3N3O2S/c1-14(2,3)23-13(22)20(4)10-5-7-21(8-6-10)12-19-9-11(24-12)15(16,17)18/h9-10H,5-8H2,1-4H3. The highest BCUT2D eigenvalue weighted by Crippen LogP contribution is 2.37. The molecule has 1 fully saturated rings. The summed E-state index contributed by atoms with van der Waals surface area (Å²) in [5.41, 5.74) is -0.555. The first-order chi connectivity index (χ1) is 11.0. The number of anilines is 1. The van der Waals surface area contributed by atoms with Crippen molar-refractivity contribution >= 4 is 22.6 Å². The summed E-state index contributed by atoms with van der Waals surface area (Å²) in [7, 11) is 1.69. The number of ether oxygens (including phenoxy) is 1. The smallest absolute Gasteiger partial charge is 0.427 e. The lowest BCUT2D eigenvalue weighted by Gasteiger charge is -2.37. The third-order valence-corrected chi connectivity index (χ3v) is 4.84. The minimum Gasteiger partial charge on any atom is -0.444 e. The Hall–Kier alpha value is -1.51. The minimum atomic E-state index is -4.36. The van der Waals surface area contributed by atoms with E-state index in [4.69, 9.17) is 4.74 Å². The summed E-state index contributed by atoms with van der Waals surface area (Å²) < 4.78 is 43.3. The molecular weight excluding hydrogens is 343 g/mol. The van der Waals surface area contributed by atoms with Crippen LogP contribution in [-0.2, 0) is 10.9 Å². The van der Waals surface area contributed by atoms with Crippen molar-refractivity contribution in [2.45, 2.75) is 51.4 Å². The third-order valence-electron chi connectivity index (χ3n) is 3.74. The van der Waals surface area contributed by atoms with Crippen LogP contribution in [0.4, 0.5) is 23.1 Å². The monoisotopic (exact) mass is 365 g/mol. The van der Waals surface area contributed by atoms with E-state index in [1.165, 1.54) is 0 Å². The second-order valence-corrected chi connectivity index (χ2v) is 7.82. The van der Waals surface area contributed by atoms with E-state index >= 15 is 0 Å². The van der Waals surface area contributed by atoms with Gasteiger partial charge in [-0.3, -0.25) is 0 Å². The molecule has 0 saturated carbocycles. The van der Waals surface area contributed by atoms with Crippen molar-refractivity contribution in [3.05, 3.63) is 11.1 Å². The number of aromatic nitrogens is 1. The molecule has 2 heterocycles. The molecule has 0 radical (unpaired) electrons. The summed E-state index contributed by atoms with van der Waals surface area (Å²) in [6, 6.07) is 0.0122. The summed E-state index contributed by atoms with van der Waals surface area (Å²) in [4.78, 5) is 18.7. The van der Waals surface area contributed by atoms with Gasteiger partial charge in [-0.2, -0.15) is 13.2 Å². The highest BCUT2D eigenvalue weighted by Gasteiger charge is 2.35. The van der Waals surface area contributed by atoms with Crippen LogP contribution >= 0.6 is 11.3 Å². The van der Waals surface area contributed by atoms with E-state index in [1.807, 2.05) is 25.7 Å². The van der Waals surface area contributed by atoms with Crippen molar-refractivity contribution in [1.82, 2.24) is 9.88 Å². The first kappa shape index (κ1) is 18.8. The molecule has 0 bridgehead atoms. The van der Waals surface area contributed by atoms with Gasteiger partial charge in [0.2, 0.25) is 0 Å². The maximum absolute atomic E-state index is 12.7. The molecule has 0 N–H and O–H groups in total. The first-order valence-corrected chi connectivity index (χ1v) is 8.53. The van der Waals surface area contributed by atoms with Crippen LogP contribution in [0.1, 0.15) is 38.5 Å². The van der Waals surface area contributed by atoms with Gasteiger partial charge in [0.1, 0.15) is 10.5 Å². The van der Waals surface area contributed by atoms with Crippen LogP contribution < -0.4 is 4.90 Å². The average Bonchev–Trinajstić information content (AvgIpc) is 2.94. The molecule has 1 aromatic rings. The van der Waals surface area contributed by atoms with Gasteiger partial charge in [0, 0.05) is 26.2 Å². The Labute approximate surface area is 143 Å². The molecule has 2 rings (SSSR count). The maximum Gasteiger partial charge on any atom is 0.427 e. The number of thiazole rings is 1. The molecule has 0 spiro atoms. The van der Waals surface area contributed by atoms with Crippen molar-refractivity contribution in [3.8, 4) is 0 Å². The van der Waals surface area contributed by atoms with Crippen molar-refractivity contribution in [1.29, 1.82) is 0 Å². The van der Waals surface area contributed by atoms with E-state index in [0.29, 0.717) is 42.4 Å². The number of nitrogens with zero attached hydrogens (tertiary/aromatic N) is 3. The highest BCUT2D eigenvalue weighted by molar-refractivity contribution is 7.15.